The third kappa shape index (κ3) is 4.51. The summed E-state index contributed by atoms with van der Waals surface area (Å²) in [6.45, 7) is 0. The maximum atomic E-state index is 12.7. The molecule has 0 heterocycles. The number of carbonyl (C=O) groups is 1. The topological polar surface area (TPSA) is 61.4 Å². The average molecular weight is 337 g/mol. The summed E-state index contributed by atoms with van der Waals surface area (Å²) in [6.07, 6.45) is -2.43. The molecule has 2 amide bonds. The molecule has 0 aliphatic heterocycles. The highest BCUT2D eigenvalue weighted by Crippen LogP contribution is 2.36. The molecule has 0 atom stereocenters. The quantitative estimate of drug-likeness (QED) is 0.769. The Labute approximate surface area is 130 Å². The molecule has 22 heavy (non-hydrogen) atoms. The molecule has 3 N–H and O–H groups in total. The Morgan fingerprint density at radius 2 is 1.86 bits per heavy atom. The van der Waals surface area contributed by atoms with Crippen molar-refractivity contribution in [2.24, 2.45) is 0 Å². The van der Waals surface area contributed by atoms with Gasteiger partial charge < -0.3 is 15.7 Å². The van der Waals surface area contributed by atoms with Gasteiger partial charge >= 0.3 is 12.2 Å². The molecule has 1 aliphatic rings. The molecule has 0 radical (unpaired) electrons. The van der Waals surface area contributed by atoms with Crippen molar-refractivity contribution in [1.82, 2.24) is 5.32 Å². The molecule has 122 valence electrons. The molecular weight excluding hydrogens is 321 g/mol. The molecule has 0 bridgehead atoms. The van der Waals surface area contributed by atoms with Gasteiger partial charge in [0.1, 0.15) is 0 Å². The molecule has 0 unspecified atom stereocenters. The van der Waals surface area contributed by atoms with E-state index < -0.39 is 22.8 Å². The van der Waals surface area contributed by atoms with E-state index in [1.165, 1.54) is 6.07 Å². The number of hydrogen-bond donors (Lipinski definition) is 3. The molecule has 0 aromatic heterocycles. The first kappa shape index (κ1) is 16.9. The summed E-state index contributed by atoms with van der Waals surface area (Å²) >= 11 is 5.51. The smallest absolute Gasteiger partial charge is 0.393 e. The highest BCUT2D eigenvalue weighted by Gasteiger charge is 2.33. The van der Waals surface area contributed by atoms with Gasteiger partial charge in [-0.2, -0.15) is 13.2 Å². The summed E-state index contributed by atoms with van der Waals surface area (Å²) in [6, 6.07) is 2.54. The van der Waals surface area contributed by atoms with Crippen LogP contribution in [0.4, 0.5) is 23.7 Å². The summed E-state index contributed by atoms with van der Waals surface area (Å²) in [5.74, 6) is 0. The van der Waals surface area contributed by atoms with Gasteiger partial charge in [-0.3, -0.25) is 0 Å². The molecule has 0 saturated heterocycles. The Hall–Kier alpha value is -1.47. The van der Waals surface area contributed by atoms with E-state index in [4.69, 9.17) is 11.6 Å². The molecule has 1 fully saturated rings. The van der Waals surface area contributed by atoms with Crippen LogP contribution in [0, 0.1) is 0 Å². The fraction of sp³-hybridized carbons (Fsp3) is 0.500. The lowest BCUT2D eigenvalue weighted by Gasteiger charge is -2.26. The highest BCUT2D eigenvalue weighted by molar-refractivity contribution is 6.31. The van der Waals surface area contributed by atoms with Crippen molar-refractivity contribution in [3.05, 3.63) is 28.8 Å². The minimum Gasteiger partial charge on any atom is -0.393 e. The van der Waals surface area contributed by atoms with E-state index in [2.05, 4.69) is 10.6 Å². The average Bonchev–Trinajstić information content (AvgIpc) is 2.42. The van der Waals surface area contributed by atoms with E-state index in [1.54, 1.807) is 0 Å². The molecule has 0 spiro atoms. The van der Waals surface area contributed by atoms with Crippen LogP contribution in [0.15, 0.2) is 18.2 Å². The van der Waals surface area contributed by atoms with E-state index in [0.717, 1.165) is 12.1 Å². The number of urea groups is 1. The number of halogens is 4. The largest absolute Gasteiger partial charge is 0.417 e. The molecule has 4 nitrogen and oxygen atoms in total. The number of hydrogen-bond acceptors (Lipinski definition) is 2. The van der Waals surface area contributed by atoms with Crippen molar-refractivity contribution < 1.29 is 23.1 Å². The first-order chi connectivity index (χ1) is 10.3. The van der Waals surface area contributed by atoms with Gasteiger partial charge in [-0.1, -0.05) is 11.6 Å². The van der Waals surface area contributed by atoms with Crippen molar-refractivity contribution in [2.75, 3.05) is 5.32 Å². The fourth-order valence-electron chi connectivity index (χ4n) is 2.39. The van der Waals surface area contributed by atoms with Gasteiger partial charge in [0.05, 0.1) is 16.7 Å². The van der Waals surface area contributed by atoms with Gasteiger partial charge in [-0.15, -0.1) is 0 Å². The van der Waals surface area contributed by atoms with Crippen molar-refractivity contribution in [1.29, 1.82) is 0 Å². The van der Waals surface area contributed by atoms with Gasteiger partial charge in [0.15, 0.2) is 0 Å². The van der Waals surface area contributed by atoms with E-state index in [0.29, 0.717) is 25.7 Å². The normalized spacial score (nSPS) is 22.2. The fourth-order valence-corrected chi connectivity index (χ4v) is 2.62. The van der Waals surface area contributed by atoms with Crippen LogP contribution in [0.25, 0.3) is 0 Å². The summed E-state index contributed by atoms with van der Waals surface area (Å²) in [7, 11) is 0. The van der Waals surface area contributed by atoms with Gasteiger partial charge in [0.2, 0.25) is 0 Å². The van der Waals surface area contributed by atoms with Crippen LogP contribution < -0.4 is 10.6 Å². The summed E-state index contributed by atoms with van der Waals surface area (Å²) in [5.41, 5.74) is -0.974. The van der Waals surface area contributed by atoms with Crippen molar-refractivity contribution in [3.8, 4) is 0 Å². The van der Waals surface area contributed by atoms with Crippen LogP contribution >= 0.6 is 11.6 Å². The maximum absolute atomic E-state index is 12.7. The van der Waals surface area contributed by atoms with E-state index >= 15 is 0 Å². The molecule has 1 aromatic rings. The SMILES string of the molecule is O=C(Nc1ccc(Cl)c(C(F)(F)F)c1)NC1CCC(O)CC1. The number of amides is 2. The number of nitrogens with one attached hydrogen (secondary N) is 2. The summed E-state index contributed by atoms with van der Waals surface area (Å²) < 4.78 is 38.2. The Morgan fingerprint density at radius 3 is 2.45 bits per heavy atom. The number of benzene rings is 1. The molecule has 1 aliphatic carbocycles. The third-order valence-electron chi connectivity index (χ3n) is 3.56. The minimum atomic E-state index is -4.58. The zero-order chi connectivity index (χ0) is 16.3. The second kappa shape index (κ2) is 6.75. The number of rotatable bonds is 2. The Morgan fingerprint density at radius 1 is 1.23 bits per heavy atom. The summed E-state index contributed by atoms with van der Waals surface area (Å²) in [4.78, 5) is 11.8. The molecule has 2 rings (SSSR count). The summed E-state index contributed by atoms with van der Waals surface area (Å²) in [5, 5.41) is 14.0. The van der Waals surface area contributed by atoms with E-state index in [1.807, 2.05) is 0 Å². The standard InChI is InChI=1S/C14H16ClF3N2O2/c15-12-6-3-9(7-11(12)14(16,17)18)20-13(22)19-8-1-4-10(21)5-2-8/h3,6-8,10,21H,1-2,4-5H2,(H2,19,20,22). The van der Waals surface area contributed by atoms with Crippen LogP contribution in [0.5, 0.6) is 0 Å². The Kier molecular flexibility index (Phi) is 5.18. The zero-order valence-corrected chi connectivity index (χ0v) is 12.3. The first-order valence-corrected chi connectivity index (χ1v) is 7.26. The number of aliphatic hydroxyl groups excluding tert-OH is 1. The predicted molar refractivity (Wildman–Crippen MR) is 76.9 cm³/mol. The second-order valence-electron chi connectivity index (χ2n) is 5.30. The predicted octanol–water partition coefficient (Wildman–Crippen LogP) is 3.78. The van der Waals surface area contributed by atoms with Crippen LogP contribution in [-0.4, -0.2) is 23.3 Å². The molecule has 1 aromatic carbocycles. The van der Waals surface area contributed by atoms with E-state index in [9.17, 15) is 23.1 Å². The van der Waals surface area contributed by atoms with Crippen molar-refractivity contribution in [3.63, 3.8) is 0 Å². The number of alkyl halides is 3. The monoisotopic (exact) mass is 336 g/mol. The van der Waals surface area contributed by atoms with Crippen LogP contribution in [0.2, 0.25) is 5.02 Å². The number of aliphatic hydroxyl groups is 1. The number of carbonyl (C=O) groups excluding carboxylic acids is 1. The van der Waals surface area contributed by atoms with Crippen LogP contribution in [-0.2, 0) is 6.18 Å². The van der Waals surface area contributed by atoms with Gasteiger partial charge in [-0.05, 0) is 43.9 Å². The van der Waals surface area contributed by atoms with Crippen molar-refractivity contribution in [2.45, 2.75) is 44.0 Å². The Balaban J connectivity index is 1.97. The minimum absolute atomic E-state index is 0.0186. The van der Waals surface area contributed by atoms with Gasteiger partial charge in [0, 0.05) is 11.7 Å². The lowest BCUT2D eigenvalue weighted by atomic mass is 9.93. The zero-order valence-electron chi connectivity index (χ0n) is 11.6. The second-order valence-corrected chi connectivity index (χ2v) is 5.70. The maximum Gasteiger partial charge on any atom is 0.417 e. The third-order valence-corrected chi connectivity index (χ3v) is 3.89. The number of anilines is 1. The van der Waals surface area contributed by atoms with Crippen LogP contribution in [0.3, 0.4) is 0 Å². The van der Waals surface area contributed by atoms with Crippen molar-refractivity contribution >= 4 is 23.3 Å². The molecule has 8 heteroatoms. The molecular formula is C14H16ClF3N2O2. The highest BCUT2D eigenvalue weighted by atomic mass is 35.5. The van der Waals surface area contributed by atoms with Gasteiger partial charge in [0.25, 0.3) is 0 Å². The first-order valence-electron chi connectivity index (χ1n) is 6.88. The van der Waals surface area contributed by atoms with Gasteiger partial charge in [-0.25, -0.2) is 4.79 Å². The lowest BCUT2D eigenvalue weighted by molar-refractivity contribution is -0.137. The van der Waals surface area contributed by atoms with E-state index in [-0.39, 0.29) is 17.8 Å². The van der Waals surface area contributed by atoms with Crippen LogP contribution in [0.1, 0.15) is 31.2 Å². The lowest BCUT2D eigenvalue weighted by Crippen LogP contribution is -2.40. The molecule has 1 saturated carbocycles. The Bertz CT molecular complexity index is 543.